The minimum Gasteiger partial charge on any atom is -0.495 e. The van der Waals surface area contributed by atoms with Crippen LogP contribution in [0, 0.1) is 0 Å². The number of carbonyl (C=O) groups is 1. The summed E-state index contributed by atoms with van der Waals surface area (Å²) in [4.78, 5) is 30.1. The SMILES string of the molecule is COCCn1c([C@H](C)NC(=O)Nc2ccccc2OC)nc2ccccc2c1=O. The Bertz CT molecular complexity index is 1060. The molecule has 8 heteroatoms. The van der Waals surface area contributed by atoms with E-state index in [1.807, 2.05) is 12.1 Å². The predicted octanol–water partition coefficient (Wildman–Crippen LogP) is 2.93. The van der Waals surface area contributed by atoms with E-state index in [4.69, 9.17) is 9.47 Å². The molecule has 0 unspecified atom stereocenters. The van der Waals surface area contributed by atoms with E-state index in [0.717, 1.165) is 0 Å². The van der Waals surface area contributed by atoms with E-state index in [2.05, 4.69) is 15.6 Å². The van der Waals surface area contributed by atoms with Crippen LogP contribution in [-0.4, -0.2) is 36.4 Å². The van der Waals surface area contributed by atoms with Crippen LogP contribution in [0.25, 0.3) is 10.9 Å². The lowest BCUT2D eigenvalue weighted by atomic mass is 10.2. The van der Waals surface area contributed by atoms with E-state index in [1.54, 1.807) is 55.0 Å². The molecule has 2 amide bonds. The lowest BCUT2D eigenvalue weighted by Crippen LogP contribution is -2.36. The van der Waals surface area contributed by atoms with Crippen molar-refractivity contribution in [3.8, 4) is 5.75 Å². The smallest absolute Gasteiger partial charge is 0.319 e. The first kappa shape index (κ1) is 20.3. The van der Waals surface area contributed by atoms with Crippen molar-refractivity contribution in [2.45, 2.75) is 19.5 Å². The molecule has 0 aliphatic heterocycles. The highest BCUT2D eigenvalue weighted by molar-refractivity contribution is 5.91. The van der Waals surface area contributed by atoms with Crippen LogP contribution in [0.2, 0.25) is 0 Å². The number of urea groups is 1. The molecule has 152 valence electrons. The zero-order valence-corrected chi connectivity index (χ0v) is 16.6. The topological polar surface area (TPSA) is 94.5 Å². The monoisotopic (exact) mass is 396 g/mol. The van der Waals surface area contributed by atoms with Gasteiger partial charge in [0.2, 0.25) is 0 Å². The maximum atomic E-state index is 12.9. The summed E-state index contributed by atoms with van der Waals surface area (Å²) >= 11 is 0. The number of aromatic nitrogens is 2. The number of methoxy groups -OCH3 is 2. The third kappa shape index (κ3) is 4.55. The van der Waals surface area contributed by atoms with Crippen molar-refractivity contribution in [1.29, 1.82) is 0 Å². The van der Waals surface area contributed by atoms with Gasteiger partial charge in [0, 0.05) is 7.11 Å². The number of nitrogens with one attached hydrogen (secondary N) is 2. The summed E-state index contributed by atoms with van der Waals surface area (Å²) < 4.78 is 11.9. The molecule has 0 spiro atoms. The molecule has 29 heavy (non-hydrogen) atoms. The standard InChI is InChI=1S/C21H24N4O4/c1-14(22-21(27)24-17-10-6-7-11-18(17)29-3)19-23-16-9-5-4-8-15(16)20(26)25(19)12-13-28-2/h4-11,14H,12-13H2,1-3H3,(H2,22,24,27)/t14-/m0/s1. The van der Waals surface area contributed by atoms with Crippen LogP contribution in [-0.2, 0) is 11.3 Å². The quantitative estimate of drug-likeness (QED) is 0.640. The van der Waals surface area contributed by atoms with Gasteiger partial charge >= 0.3 is 6.03 Å². The van der Waals surface area contributed by atoms with Crippen LogP contribution in [0.4, 0.5) is 10.5 Å². The lowest BCUT2D eigenvalue weighted by molar-refractivity contribution is 0.184. The summed E-state index contributed by atoms with van der Waals surface area (Å²) in [6.45, 7) is 2.47. The molecule has 0 radical (unpaired) electrons. The molecule has 0 saturated carbocycles. The Morgan fingerprint density at radius 1 is 1.14 bits per heavy atom. The van der Waals surface area contributed by atoms with E-state index in [0.29, 0.717) is 41.3 Å². The number of hydrogen-bond donors (Lipinski definition) is 2. The Hall–Kier alpha value is -3.39. The molecule has 1 heterocycles. The molecular weight excluding hydrogens is 372 g/mol. The van der Waals surface area contributed by atoms with E-state index in [9.17, 15) is 9.59 Å². The molecule has 0 aliphatic carbocycles. The average molecular weight is 396 g/mol. The fourth-order valence-electron chi connectivity index (χ4n) is 3.08. The number of anilines is 1. The largest absolute Gasteiger partial charge is 0.495 e. The number of fused-ring (bicyclic) bond motifs is 1. The van der Waals surface area contributed by atoms with E-state index in [1.165, 1.54) is 7.11 Å². The fraction of sp³-hybridized carbons (Fsp3) is 0.286. The summed E-state index contributed by atoms with van der Waals surface area (Å²) in [5.74, 6) is 1.01. The molecule has 0 aliphatic rings. The Morgan fingerprint density at radius 2 is 1.86 bits per heavy atom. The molecular formula is C21H24N4O4. The zero-order chi connectivity index (χ0) is 20.8. The Labute approximate surface area is 168 Å². The molecule has 3 rings (SSSR count). The van der Waals surface area contributed by atoms with Gasteiger partial charge < -0.3 is 20.1 Å². The van der Waals surface area contributed by atoms with Gasteiger partial charge in [-0.2, -0.15) is 0 Å². The second-order valence-electron chi connectivity index (χ2n) is 6.46. The summed E-state index contributed by atoms with van der Waals surface area (Å²) in [7, 11) is 3.11. The van der Waals surface area contributed by atoms with E-state index >= 15 is 0 Å². The summed E-state index contributed by atoms with van der Waals surface area (Å²) in [6, 6.07) is 13.3. The van der Waals surface area contributed by atoms with Crippen LogP contribution >= 0.6 is 0 Å². The van der Waals surface area contributed by atoms with Gasteiger partial charge in [-0.1, -0.05) is 24.3 Å². The highest BCUT2D eigenvalue weighted by atomic mass is 16.5. The second-order valence-corrected chi connectivity index (χ2v) is 6.46. The van der Waals surface area contributed by atoms with E-state index < -0.39 is 12.1 Å². The molecule has 0 fully saturated rings. The van der Waals surface area contributed by atoms with E-state index in [-0.39, 0.29) is 5.56 Å². The first-order chi connectivity index (χ1) is 14.0. The van der Waals surface area contributed by atoms with Gasteiger partial charge in [0.1, 0.15) is 11.6 Å². The number of ether oxygens (including phenoxy) is 2. The van der Waals surface area contributed by atoms with Crippen molar-refractivity contribution >= 4 is 22.6 Å². The van der Waals surface area contributed by atoms with Crippen LogP contribution in [0.5, 0.6) is 5.75 Å². The highest BCUT2D eigenvalue weighted by Gasteiger charge is 2.19. The Morgan fingerprint density at radius 3 is 2.62 bits per heavy atom. The zero-order valence-electron chi connectivity index (χ0n) is 16.6. The summed E-state index contributed by atoms with van der Waals surface area (Å²) in [5, 5.41) is 6.12. The number of benzene rings is 2. The normalized spacial score (nSPS) is 11.8. The molecule has 3 aromatic rings. The van der Waals surface area contributed by atoms with Crippen LogP contribution in [0.15, 0.2) is 53.3 Å². The van der Waals surface area contributed by atoms with Gasteiger partial charge in [0.15, 0.2) is 0 Å². The van der Waals surface area contributed by atoms with Crippen molar-refractivity contribution in [3.63, 3.8) is 0 Å². The third-order valence-corrected chi connectivity index (χ3v) is 4.50. The second kappa shape index (κ2) is 9.20. The van der Waals surface area contributed by atoms with Crippen molar-refractivity contribution < 1.29 is 14.3 Å². The average Bonchev–Trinajstić information content (AvgIpc) is 2.73. The van der Waals surface area contributed by atoms with Crippen LogP contribution in [0.3, 0.4) is 0 Å². The molecule has 8 nitrogen and oxygen atoms in total. The summed E-state index contributed by atoms with van der Waals surface area (Å²) in [5.41, 5.74) is 0.962. The Balaban J connectivity index is 1.88. The molecule has 1 atom stereocenters. The molecule has 0 bridgehead atoms. The predicted molar refractivity (Wildman–Crippen MR) is 111 cm³/mol. The van der Waals surface area contributed by atoms with Gasteiger partial charge in [-0.3, -0.25) is 9.36 Å². The van der Waals surface area contributed by atoms with Crippen molar-refractivity contribution in [1.82, 2.24) is 14.9 Å². The third-order valence-electron chi connectivity index (χ3n) is 4.50. The van der Waals surface area contributed by atoms with Gasteiger partial charge in [0.25, 0.3) is 5.56 Å². The minimum atomic E-state index is -0.515. The number of rotatable bonds is 7. The summed E-state index contributed by atoms with van der Waals surface area (Å²) in [6.07, 6.45) is 0. The lowest BCUT2D eigenvalue weighted by Gasteiger charge is -2.20. The maximum absolute atomic E-state index is 12.9. The molecule has 1 aromatic heterocycles. The van der Waals surface area contributed by atoms with Gasteiger partial charge in [0.05, 0.1) is 42.9 Å². The van der Waals surface area contributed by atoms with Gasteiger partial charge in [-0.25, -0.2) is 9.78 Å². The maximum Gasteiger partial charge on any atom is 0.319 e. The first-order valence-corrected chi connectivity index (χ1v) is 9.24. The van der Waals surface area contributed by atoms with Crippen LogP contribution in [0.1, 0.15) is 18.8 Å². The van der Waals surface area contributed by atoms with Crippen molar-refractivity contribution in [2.24, 2.45) is 0 Å². The number of para-hydroxylation sites is 3. The first-order valence-electron chi connectivity index (χ1n) is 9.24. The Kier molecular flexibility index (Phi) is 6.46. The number of hydrogen-bond acceptors (Lipinski definition) is 5. The number of nitrogens with zero attached hydrogens (tertiary/aromatic N) is 2. The highest BCUT2D eigenvalue weighted by Crippen LogP contribution is 2.23. The van der Waals surface area contributed by atoms with Crippen molar-refractivity contribution in [3.05, 3.63) is 64.7 Å². The fourth-order valence-corrected chi connectivity index (χ4v) is 3.08. The van der Waals surface area contributed by atoms with Crippen molar-refractivity contribution in [2.75, 3.05) is 26.1 Å². The number of amides is 2. The van der Waals surface area contributed by atoms with Gasteiger partial charge in [-0.05, 0) is 31.2 Å². The van der Waals surface area contributed by atoms with Gasteiger partial charge in [-0.15, -0.1) is 0 Å². The number of carbonyl (C=O) groups excluding carboxylic acids is 1. The minimum absolute atomic E-state index is 0.165. The molecule has 2 aromatic carbocycles. The van der Waals surface area contributed by atoms with Crippen LogP contribution < -0.4 is 20.9 Å². The molecule has 2 N–H and O–H groups in total. The molecule has 0 saturated heterocycles.